The van der Waals surface area contributed by atoms with Crippen LogP contribution in [0.15, 0.2) is 41.5 Å². The molecule has 3 rings (SSSR count). The van der Waals surface area contributed by atoms with Crippen molar-refractivity contribution in [3.8, 4) is 5.88 Å². The fraction of sp³-hybridized carbons (Fsp3) is 0.389. The fourth-order valence-electron chi connectivity index (χ4n) is 2.98. The van der Waals surface area contributed by atoms with Crippen LogP contribution in [0, 0.1) is 0 Å². The Balaban J connectivity index is 1.50. The number of nitrogens with one attached hydrogen (secondary N) is 2. The van der Waals surface area contributed by atoms with Gasteiger partial charge in [-0.05, 0) is 43.9 Å². The highest BCUT2D eigenvalue weighted by Gasteiger charge is 2.31. The summed E-state index contributed by atoms with van der Waals surface area (Å²) in [5, 5.41) is 2.83. The summed E-state index contributed by atoms with van der Waals surface area (Å²) in [6, 6.07) is 5.10. The number of halogens is 3. The minimum absolute atomic E-state index is 0.0600. The van der Waals surface area contributed by atoms with E-state index >= 15 is 0 Å². The van der Waals surface area contributed by atoms with Gasteiger partial charge in [-0.15, -0.1) is 0 Å². The van der Waals surface area contributed by atoms with Crippen LogP contribution < -0.4 is 15.6 Å². The van der Waals surface area contributed by atoms with Crippen molar-refractivity contribution in [3.05, 3.63) is 58.1 Å². The molecule has 1 aliphatic carbocycles. The van der Waals surface area contributed by atoms with E-state index in [1.165, 1.54) is 18.3 Å². The van der Waals surface area contributed by atoms with Gasteiger partial charge in [0.1, 0.15) is 11.7 Å². The van der Waals surface area contributed by atoms with E-state index in [4.69, 9.17) is 4.74 Å². The standard InChI is InChI=1S/C18H18F3N3O3/c19-18(20,21)11-3-8-15(23-10-11)27-13-6-4-12(5-7-13)24-17(26)14-2-1-9-22-16(14)25/h1-3,8-10,12-13H,4-7H2,(H,22,25)(H,24,26). The maximum Gasteiger partial charge on any atom is 0.417 e. The average Bonchev–Trinajstić information content (AvgIpc) is 2.63. The molecule has 0 saturated heterocycles. The van der Waals surface area contributed by atoms with Gasteiger partial charge in [-0.1, -0.05) is 0 Å². The molecule has 0 atom stereocenters. The van der Waals surface area contributed by atoms with Crippen molar-refractivity contribution in [2.45, 2.75) is 44.0 Å². The summed E-state index contributed by atoms with van der Waals surface area (Å²) in [5.74, 6) is -0.281. The molecule has 0 spiro atoms. The van der Waals surface area contributed by atoms with Crippen LogP contribution in [0.3, 0.4) is 0 Å². The summed E-state index contributed by atoms with van der Waals surface area (Å²) in [6.45, 7) is 0. The van der Waals surface area contributed by atoms with Crippen LogP contribution in [0.1, 0.15) is 41.6 Å². The minimum Gasteiger partial charge on any atom is -0.474 e. The first kappa shape index (κ1) is 18.9. The van der Waals surface area contributed by atoms with E-state index < -0.39 is 23.2 Å². The highest BCUT2D eigenvalue weighted by Crippen LogP contribution is 2.30. The maximum absolute atomic E-state index is 12.5. The molecule has 0 aliphatic heterocycles. The molecular weight excluding hydrogens is 363 g/mol. The first-order valence-corrected chi connectivity index (χ1v) is 8.51. The van der Waals surface area contributed by atoms with Gasteiger partial charge in [0.2, 0.25) is 5.88 Å². The van der Waals surface area contributed by atoms with Gasteiger partial charge in [-0.25, -0.2) is 4.98 Å². The van der Waals surface area contributed by atoms with E-state index in [2.05, 4.69) is 15.3 Å². The van der Waals surface area contributed by atoms with Crippen molar-refractivity contribution >= 4 is 5.91 Å². The number of carbonyl (C=O) groups is 1. The van der Waals surface area contributed by atoms with Gasteiger partial charge < -0.3 is 15.0 Å². The van der Waals surface area contributed by atoms with Crippen molar-refractivity contribution in [1.82, 2.24) is 15.3 Å². The van der Waals surface area contributed by atoms with Crippen LogP contribution in [-0.4, -0.2) is 28.0 Å². The third-order valence-corrected chi connectivity index (χ3v) is 4.42. The van der Waals surface area contributed by atoms with Crippen LogP contribution in [0.5, 0.6) is 5.88 Å². The molecule has 1 saturated carbocycles. The molecule has 9 heteroatoms. The Kier molecular flexibility index (Phi) is 5.48. The number of ether oxygens (including phenoxy) is 1. The number of amides is 1. The number of rotatable bonds is 4. The van der Waals surface area contributed by atoms with Crippen LogP contribution in [0.25, 0.3) is 0 Å². The van der Waals surface area contributed by atoms with Gasteiger partial charge in [-0.2, -0.15) is 13.2 Å². The lowest BCUT2D eigenvalue weighted by Crippen LogP contribution is -2.41. The first-order valence-electron chi connectivity index (χ1n) is 8.51. The zero-order valence-corrected chi connectivity index (χ0v) is 14.3. The second-order valence-electron chi connectivity index (χ2n) is 6.36. The van der Waals surface area contributed by atoms with Crippen molar-refractivity contribution in [3.63, 3.8) is 0 Å². The summed E-state index contributed by atoms with van der Waals surface area (Å²) in [4.78, 5) is 29.9. The molecule has 1 fully saturated rings. The monoisotopic (exact) mass is 381 g/mol. The number of aromatic amines is 1. The van der Waals surface area contributed by atoms with Crippen LogP contribution in [0.2, 0.25) is 0 Å². The third-order valence-electron chi connectivity index (χ3n) is 4.42. The maximum atomic E-state index is 12.5. The van der Waals surface area contributed by atoms with Crippen LogP contribution in [-0.2, 0) is 6.18 Å². The highest BCUT2D eigenvalue weighted by molar-refractivity contribution is 5.93. The number of alkyl halides is 3. The Morgan fingerprint density at radius 3 is 2.52 bits per heavy atom. The Labute approximate surface area is 152 Å². The topological polar surface area (TPSA) is 84.1 Å². The van der Waals surface area contributed by atoms with E-state index in [1.807, 2.05) is 0 Å². The average molecular weight is 381 g/mol. The molecule has 0 bridgehead atoms. The Hall–Kier alpha value is -2.84. The summed E-state index contributed by atoms with van der Waals surface area (Å²) in [5.41, 5.74) is -1.21. The van der Waals surface area contributed by atoms with E-state index in [0.29, 0.717) is 25.7 Å². The number of carbonyl (C=O) groups excluding carboxylic acids is 1. The van der Waals surface area contributed by atoms with Gasteiger partial charge in [-0.3, -0.25) is 9.59 Å². The quantitative estimate of drug-likeness (QED) is 0.853. The molecule has 2 heterocycles. The van der Waals surface area contributed by atoms with Crippen molar-refractivity contribution < 1.29 is 22.7 Å². The lowest BCUT2D eigenvalue weighted by atomic mass is 9.92. The van der Waals surface area contributed by atoms with Crippen molar-refractivity contribution in [2.24, 2.45) is 0 Å². The number of hydrogen-bond acceptors (Lipinski definition) is 4. The predicted molar refractivity (Wildman–Crippen MR) is 90.4 cm³/mol. The summed E-state index contributed by atoms with van der Waals surface area (Å²) in [7, 11) is 0. The second-order valence-corrected chi connectivity index (χ2v) is 6.36. The first-order chi connectivity index (χ1) is 12.8. The largest absolute Gasteiger partial charge is 0.474 e. The van der Waals surface area contributed by atoms with Crippen molar-refractivity contribution in [1.29, 1.82) is 0 Å². The lowest BCUT2D eigenvalue weighted by molar-refractivity contribution is -0.137. The predicted octanol–water partition coefficient (Wildman–Crippen LogP) is 2.91. The van der Waals surface area contributed by atoms with E-state index in [9.17, 15) is 22.8 Å². The Bertz CT molecular complexity index is 841. The molecule has 6 nitrogen and oxygen atoms in total. The zero-order chi connectivity index (χ0) is 19.4. The van der Waals surface area contributed by atoms with E-state index in [0.717, 1.165) is 12.3 Å². The zero-order valence-electron chi connectivity index (χ0n) is 14.3. The summed E-state index contributed by atoms with van der Waals surface area (Å²) < 4.78 is 43.2. The minimum atomic E-state index is -4.43. The van der Waals surface area contributed by atoms with Gasteiger partial charge in [0, 0.05) is 24.5 Å². The van der Waals surface area contributed by atoms with Crippen LogP contribution >= 0.6 is 0 Å². The molecule has 144 valence electrons. The normalized spacial score (nSPS) is 20.1. The van der Waals surface area contributed by atoms with E-state index in [1.54, 1.807) is 6.07 Å². The smallest absolute Gasteiger partial charge is 0.417 e. The number of H-pyrrole nitrogens is 1. The molecule has 2 aromatic heterocycles. The van der Waals surface area contributed by atoms with Gasteiger partial charge in [0.25, 0.3) is 11.5 Å². The summed E-state index contributed by atoms with van der Waals surface area (Å²) in [6.07, 6.45) is 0.126. The summed E-state index contributed by atoms with van der Waals surface area (Å²) >= 11 is 0. The van der Waals surface area contributed by atoms with Crippen LogP contribution in [0.4, 0.5) is 13.2 Å². The third kappa shape index (κ3) is 4.87. The molecule has 1 amide bonds. The Morgan fingerprint density at radius 1 is 1.19 bits per heavy atom. The number of nitrogens with zero attached hydrogens (tertiary/aromatic N) is 1. The molecule has 2 N–H and O–H groups in total. The van der Waals surface area contributed by atoms with E-state index in [-0.39, 0.29) is 23.6 Å². The highest BCUT2D eigenvalue weighted by atomic mass is 19.4. The van der Waals surface area contributed by atoms with Crippen molar-refractivity contribution in [2.75, 3.05) is 0 Å². The number of hydrogen-bond donors (Lipinski definition) is 2. The SMILES string of the molecule is O=C(NC1CCC(Oc2ccc(C(F)(F)F)cn2)CC1)c1ccc[nH]c1=O. The second kappa shape index (κ2) is 7.81. The number of pyridine rings is 2. The molecule has 0 radical (unpaired) electrons. The van der Waals surface area contributed by atoms with Gasteiger partial charge >= 0.3 is 6.18 Å². The number of aromatic nitrogens is 2. The van der Waals surface area contributed by atoms with Gasteiger partial charge in [0.05, 0.1) is 5.56 Å². The molecule has 0 unspecified atom stereocenters. The molecule has 0 aromatic carbocycles. The lowest BCUT2D eigenvalue weighted by Gasteiger charge is -2.29. The molecule has 2 aromatic rings. The molecular formula is C18H18F3N3O3. The van der Waals surface area contributed by atoms with Gasteiger partial charge in [0.15, 0.2) is 0 Å². The Morgan fingerprint density at radius 2 is 1.93 bits per heavy atom. The molecule has 1 aliphatic rings. The fourth-order valence-corrected chi connectivity index (χ4v) is 2.98. The molecule has 27 heavy (non-hydrogen) atoms.